The summed E-state index contributed by atoms with van der Waals surface area (Å²) in [6, 6.07) is 40.1. The normalized spacial score (nSPS) is 13.3. The monoisotopic (exact) mass is 524 g/mol. The van der Waals surface area contributed by atoms with Gasteiger partial charge >= 0.3 is 0 Å². The van der Waals surface area contributed by atoms with Crippen molar-refractivity contribution in [3.8, 4) is 22.3 Å². The van der Waals surface area contributed by atoms with Crippen LogP contribution in [0.25, 0.3) is 87.3 Å². The molecule has 9 rings (SSSR count). The van der Waals surface area contributed by atoms with Crippen LogP contribution >= 0.6 is 0 Å². The maximum absolute atomic E-state index is 9.30. The zero-order chi connectivity index (χ0) is 30.4. The van der Waals surface area contributed by atoms with Gasteiger partial charge in [0, 0.05) is 16.2 Å². The molecule has 0 fully saturated rings. The summed E-state index contributed by atoms with van der Waals surface area (Å²) < 4.78 is 43.5. The van der Waals surface area contributed by atoms with E-state index in [1.165, 1.54) is 0 Å². The van der Waals surface area contributed by atoms with E-state index in [9.17, 15) is 5.48 Å². The molecular formula is C40H24O. The first kappa shape index (κ1) is 18.8. The predicted octanol–water partition coefficient (Wildman–Crippen LogP) is 11.5. The van der Waals surface area contributed by atoms with E-state index in [1.54, 1.807) is 0 Å². The highest BCUT2D eigenvalue weighted by molar-refractivity contribution is 6.20. The van der Waals surface area contributed by atoms with Crippen LogP contribution in [0.3, 0.4) is 0 Å². The Labute approximate surface area is 242 Å². The molecule has 0 radical (unpaired) electrons. The first-order valence-corrected chi connectivity index (χ1v) is 13.8. The Morgan fingerprint density at radius 1 is 0.415 bits per heavy atom. The topological polar surface area (TPSA) is 13.1 Å². The molecule has 0 atom stereocenters. The third-order valence-electron chi connectivity index (χ3n) is 8.28. The molecule has 0 aliphatic rings. The summed E-state index contributed by atoms with van der Waals surface area (Å²) in [6.45, 7) is 0. The van der Waals surface area contributed by atoms with Gasteiger partial charge in [-0.15, -0.1) is 0 Å². The Kier molecular flexibility index (Phi) is 3.92. The van der Waals surface area contributed by atoms with E-state index in [0.717, 1.165) is 59.4 Å². The lowest BCUT2D eigenvalue weighted by atomic mass is 9.91. The van der Waals surface area contributed by atoms with Crippen molar-refractivity contribution in [2.75, 3.05) is 0 Å². The van der Waals surface area contributed by atoms with E-state index in [1.807, 2.05) is 78.9 Å². The average molecular weight is 525 g/mol. The van der Waals surface area contributed by atoms with Crippen LogP contribution in [-0.2, 0) is 0 Å². The molecule has 0 bridgehead atoms. The summed E-state index contributed by atoms with van der Waals surface area (Å²) in [5, 5.41) is 9.96. The van der Waals surface area contributed by atoms with Gasteiger partial charge in [-0.25, -0.2) is 0 Å². The molecule has 0 saturated carbocycles. The molecular weight excluding hydrogens is 496 g/mol. The molecule has 1 nitrogen and oxygen atoms in total. The minimum Gasteiger partial charge on any atom is -0.455 e. The largest absolute Gasteiger partial charge is 0.455 e. The Bertz CT molecular complexity index is 2680. The van der Waals surface area contributed by atoms with Crippen LogP contribution in [0, 0.1) is 0 Å². The lowest BCUT2D eigenvalue weighted by Crippen LogP contribution is -1.86. The van der Waals surface area contributed by atoms with Crippen molar-refractivity contribution in [1.29, 1.82) is 0 Å². The maximum atomic E-state index is 9.30. The van der Waals surface area contributed by atoms with Crippen molar-refractivity contribution in [1.82, 2.24) is 0 Å². The fraction of sp³-hybridized carbons (Fsp3) is 0. The molecule has 190 valence electrons. The van der Waals surface area contributed by atoms with Gasteiger partial charge in [0.25, 0.3) is 0 Å². The maximum Gasteiger partial charge on any atom is 0.143 e. The third kappa shape index (κ3) is 3.36. The number of benzene rings is 8. The summed E-state index contributed by atoms with van der Waals surface area (Å²) in [7, 11) is 0. The van der Waals surface area contributed by atoms with Crippen molar-refractivity contribution in [2.45, 2.75) is 0 Å². The number of rotatable bonds is 2. The van der Waals surface area contributed by atoms with Crippen LogP contribution in [0.1, 0.15) is 5.48 Å². The highest BCUT2D eigenvalue weighted by Gasteiger charge is 2.15. The van der Waals surface area contributed by atoms with Crippen LogP contribution < -0.4 is 0 Å². The van der Waals surface area contributed by atoms with Crippen molar-refractivity contribution in [3.05, 3.63) is 145 Å². The van der Waals surface area contributed by atoms with E-state index in [0.29, 0.717) is 22.3 Å². The second-order valence-electron chi connectivity index (χ2n) is 10.6. The van der Waals surface area contributed by atoms with E-state index < -0.39 is 0 Å². The highest BCUT2D eigenvalue weighted by atomic mass is 16.3. The average Bonchev–Trinajstić information content (AvgIpc) is 3.47. The minimum absolute atomic E-state index is 0.0634. The van der Waals surface area contributed by atoms with Crippen LogP contribution in [-0.4, -0.2) is 0 Å². The summed E-state index contributed by atoms with van der Waals surface area (Å²) in [4.78, 5) is 0. The fourth-order valence-corrected chi connectivity index (χ4v) is 6.35. The van der Waals surface area contributed by atoms with E-state index >= 15 is 0 Å². The molecule has 0 aliphatic carbocycles. The minimum atomic E-state index is -0.0728. The van der Waals surface area contributed by atoms with E-state index in [-0.39, 0.29) is 29.7 Å². The van der Waals surface area contributed by atoms with Gasteiger partial charge in [-0.2, -0.15) is 0 Å². The molecule has 0 aliphatic heterocycles. The second-order valence-corrected chi connectivity index (χ2v) is 10.6. The van der Waals surface area contributed by atoms with Crippen LogP contribution in [0.4, 0.5) is 0 Å². The summed E-state index contributed by atoms with van der Waals surface area (Å²) in [5.74, 6) is 0. The molecule has 0 unspecified atom stereocenters. The first-order valence-electron chi connectivity index (χ1n) is 15.8. The van der Waals surface area contributed by atoms with Gasteiger partial charge in [0.15, 0.2) is 0 Å². The molecule has 1 heteroatoms. The number of furan rings is 1. The molecule has 0 spiro atoms. The Balaban J connectivity index is 1.34. The number of hydrogen-bond acceptors (Lipinski definition) is 1. The van der Waals surface area contributed by atoms with Crippen molar-refractivity contribution in [2.24, 2.45) is 0 Å². The van der Waals surface area contributed by atoms with Gasteiger partial charge in [-0.05, 0) is 84.2 Å². The first-order chi connectivity index (χ1) is 22.0. The van der Waals surface area contributed by atoms with Crippen molar-refractivity contribution in [3.63, 3.8) is 0 Å². The third-order valence-corrected chi connectivity index (χ3v) is 8.28. The summed E-state index contributed by atoms with van der Waals surface area (Å²) in [5.41, 5.74) is 3.28. The Hall–Kier alpha value is -5.40. The lowest BCUT2D eigenvalue weighted by molar-refractivity contribution is 0.673. The zero-order valence-electron chi connectivity index (χ0n) is 26.0. The van der Waals surface area contributed by atoms with E-state index in [2.05, 4.69) is 42.5 Å². The molecule has 8 aromatic carbocycles. The van der Waals surface area contributed by atoms with Gasteiger partial charge in [0.05, 0.1) is 5.48 Å². The molecule has 0 saturated heterocycles. The van der Waals surface area contributed by atoms with Crippen molar-refractivity contribution < 1.29 is 9.90 Å². The molecule has 0 amide bonds. The quantitative estimate of drug-likeness (QED) is 0.162. The molecule has 41 heavy (non-hydrogen) atoms. The highest BCUT2D eigenvalue weighted by Crippen LogP contribution is 2.41. The SMILES string of the molecule is [2H]c1c([2H])c(-c2cccc3oc4c5ccccc5ccc4c23)c([2H])c([2H])c1-c1cccc2ccc3cc4ccccc4cc3c12. The van der Waals surface area contributed by atoms with Gasteiger partial charge in [0.1, 0.15) is 11.2 Å². The van der Waals surface area contributed by atoms with E-state index in [4.69, 9.17) is 4.42 Å². The molecule has 1 heterocycles. The number of hydrogen-bond donors (Lipinski definition) is 0. The van der Waals surface area contributed by atoms with Gasteiger partial charge in [0.2, 0.25) is 0 Å². The Morgan fingerprint density at radius 3 is 1.83 bits per heavy atom. The van der Waals surface area contributed by atoms with Crippen LogP contribution in [0.15, 0.2) is 150 Å². The fourth-order valence-electron chi connectivity index (χ4n) is 6.35. The van der Waals surface area contributed by atoms with Gasteiger partial charge in [-0.3, -0.25) is 0 Å². The zero-order valence-corrected chi connectivity index (χ0v) is 22.0. The second kappa shape index (κ2) is 8.55. The lowest BCUT2D eigenvalue weighted by Gasteiger charge is -2.12. The summed E-state index contributed by atoms with van der Waals surface area (Å²) in [6.07, 6.45) is 0. The van der Waals surface area contributed by atoms with Crippen LogP contribution in [0.5, 0.6) is 0 Å². The van der Waals surface area contributed by atoms with Gasteiger partial charge in [-0.1, -0.05) is 121 Å². The van der Waals surface area contributed by atoms with Gasteiger partial charge < -0.3 is 4.42 Å². The van der Waals surface area contributed by atoms with Crippen molar-refractivity contribution >= 4 is 65.0 Å². The standard InChI is InChI=1S/C40H24O/c1-2-9-30-24-36-31(23-29(30)8-1)20-19-28-10-5-12-32(38(28)36)26-15-17-27(18-16-26)33-13-6-14-37-39(33)35-22-21-25-7-3-4-11-34(25)40(35)41-37/h1-24H/i15D,16D,17D,18D. The molecule has 1 aromatic heterocycles. The Morgan fingerprint density at radius 2 is 1.02 bits per heavy atom. The number of fused-ring (bicyclic) bond motifs is 9. The smallest absolute Gasteiger partial charge is 0.143 e. The van der Waals surface area contributed by atoms with Crippen LogP contribution in [0.2, 0.25) is 0 Å². The molecule has 0 N–H and O–H groups in total. The molecule has 9 aromatic rings. The summed E-state index contributed by atoms with van der Waals surface area (Å²) >= 11 is 0. The predicted molar refractivity (Wildman–Crippen MR) is 175 cm³/mol.